The van der Waals surface area contributed by atoms with E-state index < -0.39 is 29.1 Å². The zero-order chi connectivity index (χ0) is 15.3. The van der Waals surface area contributed by atoms with Gasteiger partial charge in [0, 0.05) is 12.5 Å². The van der Waals surface area contributed by atoms with Crippen molar-refractivity contribution in [3.8, 4) is 0 Å². The molecule has 0 aliphatic rings. The maximum absolute atomic E-state index is 13.5. The summed E-state index contributed by atoms with van der Waals surface area (Å²) in [4.78, 5) is 22.4. The second-order valence-corrected chi connectivity index (χ2v) is 4.38. The number of hydrogen-bond donors (Lipinski definition) is 3. The maximum atomic E-state index is 13.5. The van der Waals surface area contributed by atoms with Gasteiger partial charge in [-0.1, -0.05) is 13.3 Å². The van der Waals surface area contributed by atoms with Gasteiger partial charge in [-0.15, -0.1) is 0 Å². The summed E-state index contributed by atoms with van der Waals surface area (Å²) >= 11 is 0. The van der Waals surface area contributed by atoms with Gasteiger partial charge in [0.05, 0.1) is 11.3 Å². The minimum atomic E-state index is -1.54. The SMILES string of the molecule is CCC(CN)CC(=O)Nc1cc(C(=O)O)c(F)cc1F. The van der Waals surface area contributed by atoms with Crippen LogP contribution in [0.25, 0.3) is 0 Å². The third-order valence-electron chi connectivity index (χ3n) is 2.95. The molecule has 0 radical (unpaired) electrons. The second kappa shape index (κ2) is 6.95. The van der Waals surface area contributed by atoms with Crippen LogP contribution in [0.15, 0.2) is 12.1 Å². The number of nitrogens with one attached hydrogen (secondary N) is 1. The summed E-state index contributed by atoms with van der Waals surface area (Å²) < 4.78 is 26.7. The third-order valence-corrected chi connectivity index (χ3v) is 2.95. The number of nitrogens with two attached hydrogens (primary N) is 1. The van der Waals surface area contributed by atoms with E-state index in [0.29, 0.717) is 19.0 Å². The molecule has 110 valence electrons. The monoisotopic (exact) mass is 286 g/mol. The number of carbonyl (C=O) groups is 2. The van der Waals surface area contributed by atoms with Crippen molar-refractivity contribution in [3.63, 3.8) is 0 Å². The third kappa shape index (κ3) is 3.99. The Labute approximate surface area is 114 Å². The maximum Gasteiger partial charge on any atom is 0.338 e. The molecule has 1 aromatic carbocycles. The molecule has 0 aliphatic heterocycles. The van der Waals surface area contributed by atoms with E-state index in [1.54, 1.807) is 0 Å². The van der Waals surface area contributed by atoms with Crippen molar-refractivity contribution in [2.75, 3.05) is 11.9 Å². The predicted molar refractivity (Wildman–Crippen MR) is 69.4 cm³/mol. The fourth-order valence-electron chi connectivity index (χ4n) is 1.67. The molecule has 0 spiro atoms. The highest BCUT2D eigenvalue weighted by atomic mass is 19.1. The van der Waals surface area contributed by atoms with Crippen molar-refractivity contribution < 1.29 is 23.5 Å². The van der Waals surface area contributed by atoms with Crippen LogP contribution in [0.2, 0.25) is 0 Å². The first-order valence-corrected chi connectivity index (χ1v) is 6.11. The first-order chi connectivity index (χ1) is 9.38. The quantitative estimate of drug-likeness (QED) is 0.745. The van der Waals surface area contributed by atoms with E-state index in [0.717, 1.165) is 6.07 Å². The molecule has 0 saturated carbocycles. The van der Waals surface area contributed by atoms with Crippen LogP contribution in [0.5, 0.6) is 0 Å². The van der Waals surface area contributed by atoms with E-state index in [1.165, 1.54) is 0 Å². The Balaban J connectivity index is 2.89. The lowest BCUT2D eigenvalue weighted by Crippen LogP contribution is -2.22. The highest BCUT2D eigenvalue weighted by Gasteiger charge is 2.17. The van der Waals surface area contributed by atoms with Crippen molar-refractivity contribution in [3.05, 3.63) is 29.3 Å². The molecule has 4 N–H and O–H groups in total. The fourth-order valence-corrected chi connectivity index (χ4v) is 1.67. The van der Waals surface area contributed by atoms with Gasteiger partial charge in [0.25, 0.3) is 0 Å². The van der Waals surface area contributed by atoms with E-state index >= 15 is 0 Å². The van der Waals surface area contributed by atoms with E-state index in [4.69, 9.17) is 10.8 Å². The van der Waals surface area contributed by atoms with Crippen LogP contribution < -0.4 is 11.1 Å². The van der Waals surface area contributed by atoms with Crippen LogP contribution >= 0.6 is 0 Å². The molecular formula is C13H16F2N2O3. The van der Waals surface area contributed by atoms with Crippen molar-refractivity contribution in [1.82, 2.24) is 0 Å². The molecule has 1 rings (SSSR count). The lowest BCUT2D eigenvalue weighted by atomic mass is 10.0. The summed E-state index contributed by atoms with van der Waals surface area (Å²) in [6.45, 7) is 2.18. The Morgan fingerprint density at radius 2 is 2.00 bits per heavy atom. The Kier molecular flexibility index (Phi) is 5.57. The van der Waals surface area contributed by atoms with Crippen molar-refractivity contribution in [2.24, 2.45) is 11.7 Å². The standard InChI is InChI=1S/C13H16F2N2O3/c1-2-7(6-16)3-12(18)17-11-4-8(13(19)20)9(14)5-10(11)15/h4-5,7H,2-3,6,16H2,1H3,(H,17,18)(H,19,20). The van der Waals surface area contributed by atoms with Gasteiger partial charge in [-0.25, -0.2) is 13.6 Å². The van der Waals surface area contributed by atoms with Gasteiger partial charge in [-0.05, 0) is 18.5 Å². The van der Waals surface area contributed by atoms with Crippen LogP contribution in [0.1, 0.15) is 30.1 Å². The van der Waals surface area contributed by atoms with E-state index in [2.05, 4.69) is 5.32 Å². The Hall–Kier alpha value is -2.02. The van der Waals surface area contributed by atoms with Crippen LogP contribution in [0.4, 0.5) is 14.5 Å². The molecule has 0 bridgehead atoms. The topological polar surface area (TPSA) is 92.4 Å². The number of aromatic carboxylic acids is 1. The summed E-state index contributed by atoms with van der Waals surface area (Å²) in [7, 11) is 0. The minimum Gasteiger partial charge on any atom is -0.478 e. The molecule has 1 atom stereocenters. The molecule has 0 saturated heterocycles. The first-order valence-electron chi connectivity index (χ1n) is 6.11. The molecule has 1 unspecified atom stereocenters. The molecule has 0 aliphatic carbocycles. The highest BCUT2D eigenvalue weighted by Crippen LogP contribution is 2.20. The number of rotatable bonds is 6. The Bertz CT molecular complexity index is 517. The number of hydrogen-bond acceptors (Lipinski definition) is 3. The molecule has 5 nitrogen and oxygen atoms in total. The first kappa shape index (κ1) is 16.0. The van der Waals surface area contributed by atoms with Gasteiger partial charge in [0.2, 0.25) is 5.91 Å². The van der Waals surface area contributed by atoms with Gasteiger partial charge in [0.15, 0.2) is 0 Å². The molecule has 0 fully saturated rings. The zero-order valence-electron chi connectivity index (χ0n) is 11.0. The molecule has 1 aromatic rings. The van der Waals surface area contributed by atoms with Crippen LogP contribution in [-0.4, -0.2) is 23.5 Å². The van der Waals surface area contributed by atoms with Crippen LogP contribution in [0.3, 0.4) is 0 Å². The Morgan fingerprint density at radius 1 is 1.35 bits per heavy atom. The smallest absolute Gasteiger partial charge is 0.338 e. The number of carbonyl (C=O) groups excluding carboxylic acids is 1. The summed E-state index contributed by atoms with van der Waals surface area (Å²) in [5.74, 6) is -4.30. The molecule has 7 heteroatoms. The molecule has 0 aromatic heterocycles. The van der Waals surface area contributed by atoms with E-state index in [-0.39, 0.29) is 18.0 Å². The molecule has 1 amide bonds. The molecule has 20 heavy (non-hydrogen) atoms. The van der Waals surface area contributed by atoms with Crippen molar-refractivity contribution >= 4 is 17.6 Å². The molecular weight excluding hydrogens is 270 g/mol. The van der Waals surface area contributed by atoms with Crippen molar-refractivity contribution in [1.29, 1.82) is 0 Å². The van der Waals surface area contributed by atoms with Gasteiger partial charge in [0.1, 0.15) is 11.6 Å². The number of carboxylic acids is 1. The normalized spacial score (nSPS) is 12.0. The number of carboxylic acid groups (broad SMARTS) is 1. The van der Waals surface area contributed by atoms with Gasteiger partial charge in [-0.3, -0.25) is 4.79 Å². The molecule has 0 heterocycles. The zero-order valence-corrected chi connectivity index (χ0v) is 11.0. The lowest BCUT2D eigenvalue weighted by molar-refractivity contribution is -0.117. The number of amides is 1. The average Bonchev–Trinajstić information content (AvgIpc) is 2.38. The van der Waals surface area contributed by atoms with Gasteiger partial charge in [-0.2, -0.15) is 0 Å². The summed E-state index contributed by atoms with van der Waals surface area (Å²) in [5.41, 5.74) is 4.40. The van der Waals surface area contributed by atoms with Gasteiger partial charge >= 0.3 is 5.97 Å². The summed E-state index contributed by atoms with van der Waals surface area (Å²) in [5, 5.41) is 11.0. The fraction of sp³-hybridized carbons (Fsp3) is 0.385. The predicted octanol–water partition coefficient (Wildman–Crippen LogP) is 1.98. The summed E-state index contributed by atoms with van der Waals surface area (Å²) in [6.07, 6.45) is 0.780. The Morgan fingerprint density at radius 3 is 2.50 bits per heavy atom. The van der Waals surface area contributed by atoms with E-state index in [9.17, 15) is 18.4 Å². The minimum absolute atomic E-state index is 0.0440. The largest absolute Gasteiger partial charge is 0.478 e. The van der Waals surface area contributed by atoms with Crippen LogP contribution in [-0.2, 0) is 4.79 Å². The van der Waals surface area contributed by atoms with Gasteiger partial charge < -0.3 is 16.2 Å². The average molecular weight is 286 g/mol. The number of anilines is 1. The lowest BCUT2D eigenvalue weighted by Gasteiger charge is -2.13. The number of halogens is 2. The van der Waals surface area contributed by atoms with E-state index in [1.807, 2.05) is 6.92 Å². The van der Waals surface area contributed by atoms with Crippen molar-refractivity contribution in [2.45, 2.75) is 19.8 Å². The number of benzene rings is 1. The van der Waals surface area contributed by atoms with Crippen LogP contribution in [0, 0.1) is 17.6 Å². The second-order valence-electron chi connectivity index (χ2n) is 4.38. The highest BCUT2D eigenvalue weighted by molar-refractivity contribution is 5.94. The summed E-state index contributed by atoms with van der Waals surface area (Å²) in [6, 6.07) is 1.19.